The van der Waals surface area contributed by atoms with Gasteiger partial charge in [0.2, 0.25) is 5.91 Å². The van der Waals surface area contributed by atoms with Crippen molar-refractivity contribution >= 4 is 22.4 Å². The summed E-state index contributed by atoms with van der Waals surface area (Å²) in [4.78, 5) is 18.1. The number of ether oxygens (including phenoxy) is 1. The molecule has 1 fully saturated rings. The molecule has 0 spiro atoms. The highest BCUT2D eigenvalue weighted by Crippen LogP contribution is 2.30. The Morgan fingerprint density at radius 3 is 2.81 bits per heavy atom. The van der Waals surface area contributed by atoms with Gasteiger partial charge in [0.15, 0.2) is 5.13 Å². The number of benzene rings is 1. The number of aromatic nitrogens is 1. The second kappa shape index (κ2) is 6.26. The zero-order valence-corrected chi connectivity index (χ0v) is 12.9. The van der Waals surface area contributed by atoms with Crippen LogP contribution >= 0.6 is 11.3 Å². The molecule has 2 aromatic rings. The number of carbonyl (C=O) groups is 1. The van der Waals surface area contributed by atoms with E-state index in [-0.39, 0.29) is 5.91 Å². The molecule has 0 N–H and O–H groups in total. The molecule has 5 heteroatoms. The molecule has 110 valence electrons. The number of rotatable bonds is 5. The van der Waals surface area contributed by atoms with Crippen molar-refractivity contribution in [2.45, 2.75) is 26.2 Å². The van der Waals surface area contributed by atoms with Crippen molar-refractivity contribution in [3.05, 3.63) is 29.6 Å². The van der Waals surface area contributed by atoms with Crippen LogP contribution in [0.4, 0.5) is 5.13 Å². The Kier molecular flexibility index (Phi) is 4.20. The van der Waals surface area contributed by atoms with Gasteiger partial charge in [0.05, 0.1) is 12.3 Å². The summed E-state index contributed by atoms with van der Waals surface area (Å²) in [7, 11) is 0. The average molecular weight is 302 g/mol. The van der Waals surface area contributed by atoms with E-state index in [2.05, 4.69) is 11.9 Å². The highest BCUT2D eigenvalue weighted by molar-refractivity contribution is 7.14. The first-order chi connectivity index (χ1) is 10.3. The van der Waals surface area contributed by atoms with Crippen LogP contribution in [-0.4, -0.2) is 24.0 Å². The molecule has 1 amide bonds. The van der Waals surface area contributed by atoms with Gasteiger partial charge in [0.25, 0.3) is 0 Å². The molecule has 3 rings (SSSR count). The molecule has 0 atom stereocenters. The molecule has 2 heterocycles. The molecule has 1 saturated heterocycles. The summed E-state index contributed by atoms with van der Waals surface area (Å²) in [6, 6.07) is 7.95. The molecule has 1 aromatic heterocycles. The molecular formula is C16H18N2O2S. The van der Waals surface area contributed by atoms with E-state index in [0.717, 1.165) is 48.1 Å². The average Bonchev–Trinajstić information content (AvgIpc) is 3.14. The Labute approximate surface area is 128 Å². The van der Waals surface area contributed by atoms with E-state index in [4.69, 9.17) is 4.74 Å². The molecule has 4 nitrogen and oxygen atoms in total. The quantitative estimate of drug-likeness (QED) is 0.845. The topological polar surface area (TPSA) is 42.4 Å². The van der Waals surface area contributed by atoms with Crippen LogP contribution in [-0.2, 0) is 4.79 Å². The van der Waals surface area contributed by atoms with E-state index in [1.54, 1.807) is 4.90 Å². The third kappa shape index (κ3) is 3.08. The van der Waals surface area contributed by atoms with Gasteiger partial charge in [-0.25, -0.2) is 4.98 Å². The molecule has 0 radical (unpaired) electrons. The summed E-state index contributed by atoms with van der Waals surface area (Å²) in [6.07, 6.45) is 2.57. The fourth-order valence-corrected chi connectivity index (χ4v) is 3.19. The lowest BCUT2D eigenvalue weighted by molar-refractivity contribution is -0.117. The van der Waals surface area contributed by atoms with Gasteiger partial charge in [-0.1, -0.05) is 6.92 Å². The smallest absolute Gasteiger partial charge is 0.228 e. The van der Waals surface area contributed by atoms with Gasteiger partial charge in [0.1, 0.15) is 5.75 Å². The minimum absolute atomic E-state index is 0.180. The number of nitrogens with zero attached hydrogens (tertiary/aromatic N) is 2. The summed E-state index contributed by atoms with van der Waals surface area (Å²) in [6.45, 7) is 3.61. The van der Waals surface area contributed by atoms with E-state index in [1.807, 2.05) is 29.6 Å². The van der Waals surface area contributed by atoms with Gasteiger partial charge in [-0.15, -0.1) is 11.3 Å². The Morgan fingerprint density at radius 2 is 2.14 bits per heavy atom. The van der Waals surface area contributed by atoms with Gasteiger partial charge in [0, 0.05) is 23.9 Å². The Hall–Kier alpha value is -1.88. The second-order valence-electron chi connectivity index (χ2n) is 5.04. The first-order valence-corrected chi connectivity index (χ1v) is 8.15. The van der Waals surface area contributed by atoms with Gasteiger partial charge >= 0.3 is 0 Å². The highest BCUT2D eigenvalue weighted by atomic mass is 32.1. The van der Waals surface area contributed by atoms with Crippen LogP contribution in [0, 0.1) is 0 Å². The van der Waals surface area contributed by atoms with E-state index in [0.29, 0.717) is 6.42 Å². The van der Waals surface area contributed by atoms with Crippen LogP contribution in [0.25, 0.3) is 11.3 Å². The van der Waals surface area contributed by atoms with E-state index in [9.17, 15) is 4.79 Å². The first-order valence-electron chi connectivity index (χ1n) is 7.27. The largest absolute Gasteiger partial charge is 0.494 e. The minimum Gasteiger partial charge on any atom is -0.494 e. The maximum atomic E-state index is 11.7. The SMILES string of the molecule is CCCOc1ccc(-c2csc(N3CCCC3=O)n2)cc1. The summed E-state index contributed by atoms with van der Waals surface area (Å²) in [5.41, 5.74) is 1.96. The third-order valence-corrected chi connectivity index (χ3v) is 4.28. The number of hydrogen-bond donors (Lipinski definition) is 0. The van der Waals surface area contributed by atoms with E-state index in [1.165, 1.54) is 11.3 Å². The normalized spacial score (nSPS) is 14.7. The van der Waals surface area contributed by atoms with Crippen molar-refractivity contribution in [2.24, 2.45) is 0 Å². The summed E-state index contributed by atoms with van der Waals surface area (Å²) in [5.74, 6) is 1.06. The lowest BCUT2D eigenvalue weighted by Crippen LogP contribution is -2.23. The summed E-state index contributed by atoms with van der Waals surface area (Å²) in [5, 5.41) is 2.81. The number of amides is 1. The highest BCUT2D eigenvalue weighted by Gasteiger charge is 2.24. The molecule has 1 aliphatic heterocycles. The maximum absolute atomic E-state index is 11.7. The Morgan fingerprint density at radius 1 is 1.33 bits per heavy atom. The fraction of sp³-hybridized carbons (Fsp3) is 0.375. The van der Waals surface area contributed by atoms with Crippen molar-refractivity contribution in [2.75, 3.05) is 18.1 Å². The lowest BCUT2D eigenvalue weighted by atomic mass is 10.2. The second-order valence-corrected chi connectivity index (χ2v) is 5.87. The minimum atomic E-state index is 0.180. The van der Waals surface area contributed by atoms with Crippen LogP contribution in [0.15, 0.2) is 29.6 Å². The van der Waals surface area contributed by atoms with Crippen LogP contribution in [0.1, 0.15) is 26.2 Å². The number of anilines is 1. The Balaban J connectivity index is 1.75. The van der Waals surface area contributed by atoms with Crippen LogP contribution in [0.3, 0.4) is 0 Å². The number of carbonyl (C=O) groups excluding carboxylic acids is 1. The lowest BCUT2D eigenvalue weighted by Gasteiger charge is -2.10. The maximum Gasteiger partial charge on any atom is 0.228 e. The summed E-state index contributed by atoms with van der Waals surface area (Å²) >= 11 is 1.53. The molecule has 0 saturated carbocycles. The molecular weight excluding hydrogens is 284 g/mol. The zero-order valence-electron chi connectivity index (χ0n) is 12.0. The van der Waals surface area contributed by atoms with Crippen molar-refractivity contribution in [3.63, 3.8) is 0 Å². The molecule has 21 heavy (non-hydrogen) atoms. The van der Waals surface area contributed by atoms with Gasteiger partial charge < -0.3 is 4.74 Å². The van der Waals surface area contributed by atoms with E-state index >= 15 is 0 Å². The molecule has 0 aliphatic carbocycles. The fourth-order valence-electron chi connectivity index (χ4n) is 2.31. The van der Waals surface area contributed by atoms with Gasteiger partial charge in [-0.2, -0.15) is 0 Å². The van der Waals surface area contributed by atoms with E-state index < -0.39 is 0 Å². The van der Waals surface area contributed by atoms with Gasteiger partial charge in [-0.3, -0.25) is 9.69 Å². The van der Waals surface area contributed by atoms with Crippen molar-refractivity contribution in [1.82, 2.24) is 4.98 Å². The number of hydrogen-bond acceptors (Lipinski definition) is 4. The standard InChI is InChI=1S/C16H18N2O2S/c1-2-10-20-13-7-5-12(6-8-13)14-11-21-16(17-14)18-9-3-4-15(18)19/h5-8,11H,2-4,9-10H2,1H3. The molecule has 0 unspecified atom stereocenters. The van der Waals surface area contributed by atoms with Crippen LogP contribution in [0.2, 0.25) is 0 Å². The first kappa shape index (κ1) is 14.1. The molecule has 0 bridgehead atoms. The van der Waals surface area contributed by atoms with Crippen molar-refractivity contribution < 1.29 is 9.53 Å². The van der Waals surface area contributed by atoms with Crippen LogP contribution < -0.4 is 9.64 Å². The third-order valence-electron chi connectivity index (χ3n) is 3.42. The van der Waals surface area contributed by atoms with Gasteiger partial charge in [-0.05, 0) is 37.1 Å². The zero-order chi connectivity index (χ0) is 14.7. The molecule has 1 aliphatic rings. The molecule has 1 aromatic carbocycles. The Bertz CT molecular complexity index is 621. The predicted molar refractivity (Wildman–Crippen MR) is 84.9 cm³/mol. The monoisotopic (exact) mass is 302 g/mol. The summed E-state index contributed by atoms with van der Waals surface area (Å²) < 4.78 is 5.58. The van der Waals surface area contributed by atoms with Crippen molar-refractivity contribution in [1.29, 1.82) is 0 Å². The van der Waals surface area contributed by atoms with Crippen molar-refractivity contribution in [3.8, 4) is 17.0 Å². The number of thiazole rings is 1. The predicted octanol–water partition coefficient (Wildman–Crippen LogP) is 3.73. The van der Waals surface area contributed by atoms with Crippen LogP contribution in [0.5, 0.6) is 5.75 Å².